The first-order valence-corrected chi connectivity index (χ1v) is 11.6. The molecule has 5 heterocycles. The van der Waals surface area contributed by atoms with E-state index in [1.54, 1.807) is 17.5 Å². The Kier molecular flexibility index (Phi) is 5.65. The molecule has 160 valence electrons. The predicted molar refractivity (Wildman–Crippen MR) is 119 cm³/mol. The normalized spacial score (nSPS) is 18.8. The molecule has 31 heavy (non-hydrogen) atoms. The Balaban J connectivity index is 1.26. The lowest BCUT2D eigenvalue weighted by Crippen LogP contribution is -2.36. The van der Waals surface area contributed by atoms with Crippen molar-refractivity contribution in [2.75, 3.05) is 19.6 Å². The number of hydrogen-bond donors (Lipinski definition) is 1. The number of thiophene rings is 1. The Morgan fingerprint density at radius 1 is 1.26 bits per heavy atom. The minimum absolute atomic E-state index is 0.0424. The molecule has 0 spiro atoms. The van der Waals surface area contributed by atoms with E-state index in [0.29, 0.717) is 26.1 Å². The van der Waals surface area contributed by atoms with Gasteiger partial charge in [0.1, 0.15) is 5.82 Å². The lowest BCUT2D eigenvalue weighted by molar-refractivity contribution is -0.129. The molecule has 8 heteroatoms. The highest BCUT2D eigenvalue weighted by atomic mass is 32.1. The van der Waals surface area contributed by atoms with Crippen molar-refractivity contribution in [3.05, 3.63) is 79.9 Å². The molecule has 2 aliphatic heterocycles. The number of rotatable bonds is 5. The highest BCUT2D eigenvalue weighted by Crippen LogP contribution is 2.26. The van der Waals surface area contributed by atoms with E-state index < -0.39 is 0 Å². The van der Waals surface area contributed by atoms with Crippen molar-refractivity contribution >= 4 is 17.2 Å². The third-order valence-corrected chi connectivity index (χ3v) is 7.00. The van der Waals surface area contributed by atoms with Crippen molar-refractivity contribution in [2.45, 2.75) is 38.3 Å². The molecule has 0 radical (unpaired) electrons. The second-order valence-corrected chi connectivity index (χ2v) is 9.31. The second-order valence-electron chi connectivity index (χ2n) is 8.28. The lowest BCUT2D eigenvalue weighted by Gasteiger charge is -2.28. The van der Waals surface area contributed by atoms with Crippen molar-refractivity contribution in [1.29, 1.82) is 0 Å². The summed E-state index contributed by atoms with van der Waals surface area (Å²) in [6.07, 6.45) is 5.69. The van der Waals surface area contributed by atoms with Gasteiger partial charge in [0.15, 0.2) is 0 Å². The number of nitrogens with one attached hydrogen (secondary N) is 1. The van der Waals surface area contributed by atoms with Crippen LogP contribution in [0.3, 0.4) is 0 Å². The third-order valence-electron chi connectivity index (χ3n) is 6.13. The van der Waals surface area contributed by atoms with Crippen LogP contribution in [0.15, 0.2) is 46.8 Å². The van der Waals surface area contributed by atoms with Crippen LogP contribution in [0.4, 0.5) is 0 Å². The Hall–Kier alpha value is -2.84. The number of aromatic amines is 1. The van der Waals surface area contributed by atoms with E-state index in [4.69, 9.17) is 4.98 Å². The van der Waals surface area contributed by atoms with E-state index in [-0.39, 0.29) is 17.4 Å². The number of amides is 1. The SMILES string of the molecule is O=C(Cc1cccs1)N1CCC(c2nc3c(c(=O)[nH]2)CN(Cc2cccnc2)CC3)C1. The van der Waals surface area contributed by atoms with Crippen LogP contribution in [0, 0.1) is 0 Å². The van der Waals surface area contributed by atoms with Crippen molar-refractivity contribution in [1.82, 2.24) is 24.8 Å². The van der Waals surface area contributed by atoms with Gasteiger partial charge in [0.25, 0.3) is 5.56 Å². The van der Waals surface area contributed by atoms with Crippen molar-refractivity contribution in [3.63, 3.8) is 0 Å². The Morgan fingerprint density at radius 2 is 2.19 bits per heavy atom. The summed E-state index contributed by atoms with van der Waals surface area (Å²) in [7, 11) is 0. The van der Waals surface area contributed by atoms with Crippen LogP contribution in [0.5, 0.6) is 0 Å². The molecule has 7 nitrogen and oxygen atoms in total. The van der Waals surface area contributed by atoms with Crippen LogP contribution in [-0.4, -0.2) is 50.3 Å². The molecule has 0 aliphatic carbocycles. The van der Waals surface area contributed by atoms with E-state index in [0.717, 1.165) is 53.5 Å². The zero-order valence-electron chi connectivity index (χ0n) is 17.3. The summed E-state index contributed by atoms with van der Waals surface area (Å²) in [4.78, 5) is 42.7. The van der Waals surface area contributed by atoms with Crippen LogP contribution < -0.4 is 5.56 Å². The molecular formula is C23H25N5O2S. The van der Waals surface area contributed by atoms with Gasteiger partial charge in [-0.25, -0.2) is 4.98 Å². The Labute approximate surface area is 184 Å². The van der Waals surface area contributed by atoms with Gasteiger partial charge in [-0.15, -0.1) is 11.3 Å². The fraction of sp³-hybridized carbons (Fsp3) is 0.391. The van der Waals surface area contributed by atoms with E-state index in [1.807, 2.05) is 34.7 Å². The van der Waals surface area contributed by atoms with Crippen LogP contribution in [-0.2, 0) is 30.7 Å². The average Bonchev–Trinajstić information content (AvgIpc) is 3.47. The number of hydrogen-bond acceptors (Lipinski definition) is 6. The smallest absolute Gasteiger partial charge is 0.255 e. The molecule has 1 amide bonds. The standard InChI is InChI=1S/C23H25N5O2S/c29-21(11-18-4-2-10-31-18)28-9-5-17(14-28)22-25-20-6-8-27(15-19(20)23(30)26-22)13-16-3-1-7-24-12-16/h1-4,7,10,12,17H,5-6,8-9,11,13-15H2,(H,25,26,30). The molecule has 2 aliphatic rings. The second kappa shape index (κ2) is 8.72. The number of aromatic nitrogens is 3. The molecule has 0 aromatic carbocycles. The summed E-state index contributed by atoms with van der Waals surface area (Å²) < 4.78 is 0. The zero-order chi connectivity index (χ0) is 21.2. The summed E-state index contributed by atoms with van der Waals surface area (Å²) in [6, 6.07) is 7.96. The van der Waals surface area contributed by atoms with Crippen LogP contribution in [0.25, 0.3) is 0 Å². The molecule has 1 N–H and O–H groups in total. The zero-order valence-corrected chi connectivity index (χ0v) is 18.1. The Morgan fingerprint density at radius 3 is 3.00 bits per heavy atom. The first kappa shape index (κ1) is 20.1. The van der Waals surface area contributed by atoms with E-state index >= 15 is 0 Å². The summed E-state index contributed by atoms with van der Waals surface area (Å²) in [5, 5.41) is 2.00. The Bertz CT molecular complexity index is 1110. The number of H-pyrrole nitrogens is 1. The maximum absolute atomic E-state index is 12.9. The summed E-state index contributed by atoms with van der Waals surface area (Å²) in [6.45, 7) is 3.59. The number of pyridine rings is 1. The van der Waals surface area contributed by atoms with E-state index in [1.165, 1.54) is 0 Å². The molecule has 1 atom stereocenters. The molecule has 1 saturated heterocycles. The van der Waals surface area contributed by atoms with Crippen LogP contribution in [0.1, 0.15) is 39.9 Å². The minimum atomic E-state index is -0.0424. The van der Waals surface area contributed by atoms with Gasteiger partial charge in [-0.3, -0.25) is 19.5 Å². The van der Waals surface area contributed by atoms with Crippen LogP contribution in [0.2, 0.25) is 0 Å². The van der Waals surface area contributed by atoms with Crippen molar-refractivity contribution in [2.24, 2.45) is 0 Å². The molecule has 3 aromatic rings. The van der Waals surface area contributed by atoms with Gasteiger partial charge in [-0.05, 0) is 29.5 Å². The van der Waals surface area contributed by atoms with Gasteiger partial charge >= 0.3 is 0 Å². The van der Waals surface area contributed by atoms with Gasteiger partial charge < -0.3 is 9.88 Å². The number of nitrogens with zero attached hydrogens (tertiary/aromatic N) is 4. The molecule has 0 bridgehead atoms. The van der Waals surface area contributed by atoms with E-state index in [9.17, 15) is 9.59 Å². The fourth-order valence-corrected chi connectivity index (χ4v) is 5.16. The minimum Gasteiger partial charge on any atom is -0.342 e. The van der Waals surface area contributed by atoms with Gasteiger partial charge in [-0.1, -0.05) is 12.1 Å². The summed E-state index contributed by atoms with van der Waals surface area (Å²) >= 11 is 1.61. The molecule has 0 saturated carbocycles. The van der Waals surface area contributed by atoms with Crippen molar-refractivity contribution < 1.29 is 4.79 Å². The van der Waals surface area contributed by atoms with Gasteiger partial charge in [0.2, 0.25) is 5.91 Å². The first-order valence-electron chi connectivity index (χ1n) is 10.7. The van der Waals surface area contributed by atoms with Gasteiger partial charge in [-0.2, -0.15) is 0 Å². The average molecular weight is 436 g/mol. The quantitative estimate of drug-likeness (QED) is 0.665. The van der Waals surface area contributed by atoms with Gasteiger partial charge in [0.05, 0.1) is 17.7 Å². The maximum Gasteiger partial charge on any atom is 0.255 e. The number of likely N-dealkylation sites (tertiary alicyclic amines) is 1. The number of carbonyl (C=O) groups excluding carboxylic acids is 1. The maximum atomic E-state index is 12.9. The highest BCUT2D eigenvalue weighted by molar-refractivity contribution is 7.10. The highest BCUT2D eigenvalue weighted by Gasteiger charge is 2.30. The fourth-order valence-electron chi connectivity index (χ4n) is 4.46. The molecule has 1 fully saturated rings. The summed E-state index contributed by atoms with van der Waals surface area (Å²) in [5.41, 5.74) is 2.77. The van der Waals surface area contributed by atoms with Gasteiger partial charge in [0, 0.05) is 62.3 Å². The third kappa shape index (κ3) is 4.45. The number of carbonyl (C=O) groups is 1. The molecule has 3 aromatic heterocycles. The lowest BCUT2D eigenvalue weighted by atomic mass is 10.0. The largest absolute Gasteiger partial charge is 0.342 e. The summed E-state index contributed by atoms with van der Waals surface area (Å²) in [5.74, 6) is 0.978. The molecular weight excluding hydrogens is 410 g/mol. The predicted octanol–water partition coefficient (Wildman–Crippen LogP) is 2.34. The van der Waals surface area contributed by atoms with Crippen LogP contribution >= 0.6 is 11.3 Å². The number of fused-ring (bicyclic) bond motifs is 1. The topological polar surface area (TPSA) is 82.2 Å². The van der Waals surface area contributed by atoms with Crippen molar-refractivity contribution in [3.8, 4) is 0 Å². The monoisotopic (exact) mass is 435 g/mol. The molecule has 5 rings (SSSR count). The van der Waals surface area contributed by atoms with E-state index in [2.05, 4.69) is 20.9 Å². The molecule has 1 unspecified atom stereocenters. The first-order chi connectivity index (χ1) is 15.2.